The smallest absolute Gasteiger partial charge is 0.245 e. The van der Waals surface area contributed by atoms with Gasteiger partial charge < -0.3 is 16.0 Å². The van der Waals surface area contributed by atoms with E-state index in [9.17, 15) is 9.59 Å². The normalized spacial score (nSPS) is 16.8. The van der Waals surface area contributed by atoms with E-state index >= 15 is 0 Å². The molecule has 0 spiro atoms. The summed E-state index contributed by atoms with van der Waals surface area (Å²) in [6.45, 7) is 6.14. The molecule has 0 aliphatic carbocycles. The minimum atomic E-state index is -0.425. The minimum absolute atomic E-state index is 0. The lowest BCUT2D eigenvalue weighted by Gasteiger charge is -2.36. The Balaban J connectivity index is 0.00000392. The van der Waals surface area contributed by atoms with Crippen molar-refractivity contribution in [2.45, 2.75) is 58.4 Å². The first kappa shape index (κ1) is 24.4. The van der Waals surface area contributed by atoms with Crippen LogP contribution in [0.2, 0.25) is 0 Å². The number of hydrogen-bond acceptors (Lipinski definition) is 3. The Morgan fingerprint density at radius 2 is 1.86 bits per heavy atom. The van der Waals surface area contributed by atoms with Crippen molar-refractivity contribution in [3.05, 3.63) is 35.9 Å². The Morgan fingerprint density at radius 1 is 1.21 bits per heavy atom. The van der Waals surface area contributed by atoms with Gasteiger partial charge in [-0.25, -0.2) is 0 Å². The highest BCUT2D eigenvalue weighted by atomic mass is 35.5. The van der Waals surface area contributed by atoms with Gasteiger partial charge in [-0.15, -0.1) is 12.4 Å². The first-order chi connectivity index (χ1) is 13.0. The van der Waals surface area contributed by atoms with Gasteiger partial charge in [0.2, 0.25) is 11.8 Å². The van der Waals surface area contributed by atoms with Gasteiger partial charge in [-0.3, -0.25) is 9.59 Å². The molecule has 5 nitrogen and oxygen atoms in total. The Morgan fingerprint density at radius 3 is 2.43 bits per heavy atom. The van der Waals surface area contributed by atoms with Crippen molar-refractivity contribution in [3.8, 4) is 0 Å². The summed E-state index contributed by atoms with van der Waals surface area (Å²) in [4.78, 5) is 27.1. The third-order valence-electron chi connectivity index (χ3n) is 5.70. The molecule has 0 bridgehead atoms. The quantitative estimate of drug-likeness (QED) is 0.657. The molecule has 1 heterocycles. The van der Waals surface area contributed by atoms with Gasteiger partial charge in [0.25, 0.3) is 0 Å². The lowest BCUT2D eigenvalue weighted by molar-refractivity contribution is -0.139. The number of amides is 2. The number of nitrogens with zero attached hydrogens (tertiary/aromatic N) is 1. The van der Waals surface area contributed by atoms with Crippen molar-refractivity contribution in [2.75, 3.05) is 19.6 Å². The fourth-order valence-corrected chi connectivity index (χ4v) is 3.69. The second-order valence-electron chi connectivity index (χ2n) is 7.78. The third-order valence-corrected chi connectivity index (χ3v) is 5.70. The van der Waals surface area contributed by atoms with Crippen LogP contribution in [0.3, 0.4) is 0 Å². The molecule has 0 aromatic heterocycles. The molecule has 1 aromatic carbocycles. The summed E-state index contributed by atoms with van der Waals surface area (Å²) in [6, 6.07) is 10.1. The summed E-state index contributed by atoms with van der Waals surface area (Å²) in [7, 11) is 0. The summed E-state index contributed by atoms with van der Waals surface area (Å²) in [5.74, 6) is 0.751. The number of rotatable bonds is 9. The molecule has 3 N–H and O–H groups in total. The van der Waals surface area contributed by atoms with E-state index in [1.54, 1.807) is 0 Å². The predicted octanol–water partition coefficient (Wildman–Crippen LogP) is 3.16. The number of nitrogens with two attached hydrogens (primary N) is 1. The monoisotopic (exact) mass is 409 g/mol. The molecule has 2 unspecified atom stereocenters. The first-order valence-corrected chi connectivity index (χ1v) is 10.4. The topological polar surface area (TPSA) is 75.4 Å². The van der Waals surface area contributed by atoms with Crippen LogP contribution in [0.25, 0.3) is 0 Å². The van der Waals surface area contributed by atoms with Crippen LogP contribution in [-0.2, 0) is 16.0 Å². The molecule has 2 atom stereocenters. The van der Waals surface area contributed by atoms with Crippen LogP contribution in [0.15, 0.2) is 30.3 Å². The molecule has 1 fully saturated rings. The van der Waals surface area contributed by atoms with Crippen molar-refractivity contribution in [3.63, 3.8) is 0 Å². The molecular weight excluding hydrogens is 374 g/mol. The van der Waals surface area contributed by atoms with Crippen LogP contribution in [0.5, 0.6) is 0 Å². The molecule has 0 radical (unpaired) electrons. The maximum atomic E-state index is 13.1. The fraction of sp³-hybridized carbons (Fsp3) is 0.636. The summed E-state index contributed by atoms with van der Waals surface area (Å²) in [5, 5.41) is 2.96. The standard InChI is InChI=1S/C22H35N3O2.ClH/c1-3-17(2)21(24-20(26)10-7-13-23)22(27)25-14-11-19(12-15-25)16-18-8-5-4-6-9-18;/h4-6,8-9,17,19,21H,3,7,10-16,23H2,1-2H3,(H,24,26);1H. The van der Waals surface area contributed by atoms with Gasteiger partial charge in [0.1, 0.15) is 6.04 Å². The highest BCUT2D eigenvalue weighted by molar-refractivity contribution is 5.88. The number of benzene rings is 1. The zero-order valence-electron chi connectivity index (χ0n) is 17.2. The number of nitrogens with one attached hydrogen (secondary N) is 1. The molecule has 28 heavy (non-hydrogen) atoms. The van der Waals surface area contributed by atoms with Crippen molar-refractivity contribution in [1.82, 2.24) is 10.2 Å². The average molecular weight is 410 g/mol. The van der Waals surface area contributed by atoms with Gasteiger partial charge in [-0.2, -0.15) is 0 Å². The van der Waals surface area contributed by atoms with Gasteiger partial charge in [-0.1, -0.05) is 50.6 Å². The first-order valence-electron chi connectivity index (χ1n) is 10.4. The summed E-state index contributed by atoms with van der Waals surface area (Å²) in [5.41, 5.74) is 6.85. The third kappa shape index (κ3) is 7.44. The number of carbonyl (C=O) groups excluding carboxylic acids is 2. The fourth-order valence-electron chi connectivity index (χ4n) is 3.69. The highest BCUT2D eigenvalue weighted by Gasteiger charge is 2.32. The molecule has 6 heteroatoms. The molecule has 1 aliphatic heterocycles. The molecule has 0 saturated carbocycles. The molecule has 158 valence electrons. The van der Waals surface area contributed by atoms with Crippen LogP contribution >= 0.6 is 12.4 Å². The molecular formula is C22H36ClN3O2. The number of carbonyl (C=O) groups is 2. The molecule has 1 saturated heterocycles. The number of piperidine rings is 1. The van der Waals surface area contributed by atoms with Crippen LogP contribution in [0.1, 0.15) is 51.5 Å². The van der Waals surface area contributed by atoms with Crippen molar-refractivity contribution in [2.24, 2.45) is 17.6 Å². The van der Waals surface area contributed by atoms with Gasteiger partial charge in [0.05, 0.1) is 0 Å². The van der Waals surface area contributed by atoms with Gasteiger partial charge >= 0.3 is 0 Å². The van der Waals surface area contributed by atoms with E-state index in [1.807, 2.05) is 17.9 Å². The van der Waals surface area contributed by atoms with E-state index < -0.39 is 6.04 Å². The van der Waals surface area contributed by atoms with Crippen molar-refractivity contribution < 1.29 is 9.59 Å². The van der Waals surface area contributed by atoms with E-state index in [1.165, 1.54) is 5.56 Å². The summed E-state index contributed by atoms with van der Waals surface area (Å²) in [6.07, 6.45) is 5.02. The predicted molar refractivity (Wildman–Crippen MR) is 116 cm³/mol. The molecule has 1 aliphatic rings. The van der Waals surface area contributed by atoms with Crippen LogP contribution in [0.4, 0.5) is 0 Å². The van der Waals surface area contributed by atoms with Crippen molar-refractivity contribution >= 4 is 24.2 Å². The Hall–Kier alpha value is -1.59. The Labute approximate surface area is 175 Å². The van der Waals surface area contributed by atoms with Crippen LogP contribution in [0, 0.1) is 11.8 Å². The lowest BCUT2D eigenvalue weighted by atomic mass is 9.89. The van der Waals surface area contributed by atoms with E-state index in [0.717, 1.165) is 38.8 Å². The van der Waals surface area contributed by atoms with Gasteiger partial charge in [0.15, 0.2) is 0 Å². The van der Waals surface area contributed by atoms with Crippen LogP contribution < -0.4 is 11.1 Å². The second-order valence-corrected chi connectivity index (χ2v) is 7.78. The van der Waals surface area contributed by atoms with Crippen molar-refractivity contribution in [1.29, 1.82) is 0 Å². The molecule has 1 aromatic rings. The lowest BCUT2D eigenvalue weighted by Crippen LogP contribution is -2.53. The largest absolute Gasteiger partial charge is 0.344 e. The van der Waals surface area contributed by atoms with Gasteiger partial charge in [-0.05, 0) is 49.6 Å². The zero-order chi connectivity index (χ0) is 19.6. The average Bonchev–Trinajstić information content (AvgIpc) is 2.70. The summed E-state index contributed by atoms with van der Waals surface area (Å²) < 4.78 is 0. The maximum Gasteiger partial charge on any atom is 0.245 e. The zero-order valence-corrected chi connectivity index (χ0v) is 18.0. The number of halogens is 1. The maximum absolute atomic E-state index is 13.1. The second kappa shape index (κ2) is 12.8. The minimum Gasteiger partial charge on any atom is -0.344 e. The Kier molecular flexibility index (Phi) is 11.2. The number of likely N-dealkylation sites (tertiary alicyclic amines) is 1. The van der Waals surface area contributed by atoms with Crippen LogP contribution in [-0.4, -0.2) is 42.4 Å². The van der Waals surface area contributed by atoms with E-state index in [0.29, 0.717) is 25.3 Å². The molecule has 2 amide bonds. The number of hydrogen-bond donors (Lipinski definition) is 2. The Bertz CT molecular complexity index is 589. The highest BCUT2D eigenvalue weighted by Crippen LogP contribution is 2.23. The summed E-state index contributed by atoms with van der Waals surface area (Å²) >= 11 is 0. The molecule has 2 rings (SSSR count). The SMILES string of the molecule is CCC(C)C(NC(=O)CCCN)C(=O)N1CCC(Cc2ccccc2)CC1.Cl. The van der Waals surface area contributed by atoms with E-state index in [4.69, 9.17) is 5.73 Å². The van der Waals surface area contributed by atoms with E-state index in [-0.39, 0.29) is 30.1 Å². The van der Waals surface area contributed by atoms with E-state index in [2.05, 4.69) is 36.5 Å². The van der Waals surface area contributed by atoms with Gasteiger partial charge in [0, 0.05) is 19.5 Å².